The van der Waals surface area contributed by atoms with Crippen LogP contribution in [0.25, 0.3) is 0 Å². The minimum atomic E-state index is -1.04. The Morgan fingerprint density at radius 3 is 2.42 bits per heavy atom. The number of β-lactam (4-membered cyclic amide) rings is 1. The number of fused-ring (bicyclic) bond motifs is 1. The molecule has 3 amide bonds. The van der Waals surface area contributed by atoms with Crippen LogP contribution in [-0.4, -0.2) is 80.4 Å². The number of hydrogen-bond donors (Lipinski definition) is 2. The maximum atomic E-state index is 13.6. The molecule has 3 heterocycles. The molecular weight excluding hydrogens is 663 g/mol. The lowest BCUT2D eigenvalue weighted by atomic mass is 10.0. The number of thioether (sulfide) groups is 1. The Bertz CT molecular complexity index is 1640. The first kappa shape index (κ1) is 36.1. The van der Waals surface area contributed by atoms with Crippen molar-refractivity contribution in [2.45, 2.75) is 70.8 Å². The van der Waals surface area contributed by atoms with Gasteiger partial charge in [0.15, 0.2) is 10.8 Å². The number of amides is 3. The number of nitrogens with zero attached hydrogens (tertiary/aromatic N) is 3. The van der Waals surface area contributed by atoms with Gasteiger partial charge in [0, 0.05) is 11.1 Å². The molecule has 14 nitrogen and oxygen atoms in total. The van der Waals surface area contributed by atoms with Gasteiger partial charge in [-0.05, 0) is 52.7 Å². The van der Waals surface area contributed by atoms with Crippen LogP contribution in [0.15, 0.2) is 64.8 Å². The second-order valence-electron chi connectivity index (χ2n) is 12.5. The molecule has 1 fully saturated rings. The van der Waals surface area contributed by atoms with Crippen LogP contribution in [0.3, 0.4) is 0 Å². The summed E-state index contributed by atoms with van der Waals surface area (Å²) in [6.07, 6.45) is 0.728. The van der Waals surface area contributed by atoms with E-state index >= 15 is 0 Å². The first-order valence-corrected chi connectivity index (χ1v) is 16.7. The van der Waals surface area contributed by atoms with E-state index in [0.717, 1.165) is 16.9 Å². The number of anilines is 1. The smallest absolute Gasteiger partial charge is 0.413 e. The quantitative estimate of drug-likeness (QED) is 0.113. The van der Waals surface area contributed by atoms with Crippen LogP contribution in [0.2, 0.25) is 0 Å². The molecule has 2 aliphatic heterocycles. The van der Waals surface area contributed by atoms with E-state index in [1.165, 1.54) is 28.1 Å². The fourth-order valence-electron chi connectivity index (χ4n) is 4.34. The van der Waals surface area contributed by atoms with Crippen LogP contribution < -0.4 is 10.6 Å². The van der Waals surface area contributed by atoms with Crippen molar-refractivity contribution in [2.75, 3.05) is 17.7 Å². The predicted molar refractivity (Wildman–Crippen MR) is 179 cm³/mol. The van der Waals surface area contributed by atoms with Crippen LogP contribution in [0, 0.1) is 0 Å². The Balaban J connectivity index is 1.49. The van der Waals surface area contributed by atoms with Gasteiger partial charge in [0.05, 0.1) is 0 Å². The van der Waals surface area contributed by atoms with E-state index < -0.39 is 59.1 Å². The minimum absolute atomic E-state index is 0.0109. The first-order valence-electron chi connectivity index (χ1n) is 14.8. The van der Waals surface area contributed by atoms with Gasteiger partial charge in [0.25, 0.3) is 11.8 Å². The number of carbonyl (C=O) groups is 5. The highest BCUT2D eigenvalue weighted by Crippen LogP contribution is 2.41. The molecule has 0 spiro atoms. The number of ether oxygens (including phenoxy) is 3. The fraction of sp³-hybridized carbons (Fsp3) is 0.406. The van der Waals surface area contributed by atoms with Crippen LogP contribution >= 0.6 is 23.1 Å². The summed E-state index contributed by atoms with van der Waals surface area (Å²) in [6.45, 7) is 13.4. The maximum absolute atomic E-state index is 13.6. The molecule has 0 radical (unpaired) electrons. The molecule has 0 unspecified atom stereocenters. The van der Waals surface area contributed by atoms with Crippen LogP contribution in [-0.2, 0) is 44.8 Å². The Kier molecular flexibility index (Phi) is 11.3. The van der Waals surface area contributed by atoms with Crippen LogP contribution in [0.5, 0.6) is 0 Å². The highest BCUT2D eigenvalue weighted by molar-refractivity contribution is 8.00. The van der Waals surface area contributed by atoms with Crippen molar-refractivity contribution >= 4 is 63.8 Å². The Labute approximate surface area is 285 Å². The molecule has 2 atom stereocenters. The number of carbonyl (C=O) groups excluding carboxylic acids is 5. The van der Waals surface area contributed by atoms with Crippen molar-refractivity contribution in [3.63, 3.8) is 0 Å². The third-order valence-corrected chi connectivity index (χ3v) is 8.32. The number of esters is 2. The van der Waals surface area contributed by atoms with E-state index in [1.807, 2.05) is 18.2 Å². The summed E-state index contributed by atoms with van der Waals surface area (Å²) in [5, 5.41) is 9.91. The topological polar surface area (TPSA) is 175 Å². The average Bonchev–Trinajstić information content (AvgIpc) is 3.46. The molecule has 4 rings (SSSR count). The number of rotatable bonds is 11. The summed E-state index contributed by atoms with van der Waals surface area (Å²) >= 11 is 2.32. The normalized spacial score (nSPS) is 17.8. The van der Waals surface area contributed by atoms with Gasteiger partial charge in [-0.3, -0.25) is 19.8 Å². The summed E-state index contributed by atoms with van der Waals surface area (Å²) in [6, 6.07) is 8.05. The highest BCUT2D eigenvalue weighted by atomic mass is 32.2. The second-order valence-corrected chi connectivity index (χ2v) is 14.4. The molecule has 16 heteroatoms. The molecule has 256 valence electrons. The first-order chi connectivity index (χ1) is 22.6. The standard InChI is InChI=1S/C32H37N5O9S2/c1-8-19-16-47-27-23(26(40)37(27)24(19)28(41)46-32(5,6)7)34-25(39)22(36-44-15-21(38)45-31(2,3)4)20-17-48-29(33-20)35-30(42)43-14-18-12-10-9-11-13-18/h8-13,17,23,27H,1,14-16H2,2-7H3,(H,34,39)(H,33,35,42)/b36-22-/t23-,27-/m1/s1. The van der Waals surface area contributed by atoms with Crippen LogP contribution in [0.1, 0.15) is 52.8 Å². The summed E-state index contributed by atoms with van der Waals surface area (Å²) in [7, 11) is 0. The molecule has 48 heavy (non-hydrogen) atoms. The molecular formula is C32H37N5O9S2. The molecule has 1 saturated heterocycles. The van der Waals surface area contributed by atoms with Crippen molar-refractivity contribution in [1.82, 2.24) is 15.2 Å². The van der Waals surface area contributed by atoms with Gasteiger partial charge in [-0.2, -0.15) is 0 Å². The van der Waals surface area contributed by atoms with Gasteiger partial charge in [-0.1, -0.05) is 48.1 Å². The molecule has 0 saturated carbocycles. The van der Waals surface area contributed by atoms with Crippen molar-refractivity contribution in [2.24, 2.45) is 5.16 Å². The minimum Gasteiger partial charge on any atom is -0.457 e. The molecule has 0 bridgehead atoms. The van der Waals surface area contributed by atoms with Crippen molar-refractivity contribution in [3.05, 3.63) is 70.9 Å². The lowest BCUT2D eigenvalue weighted by molar-refractivity contribution is -0.160. The summed E-state index contributed by atoms with van der Waals surface area (Å²) in [5.74, 6) is -2.45. The fourth-order valence-corrected chi connectivity index (χ4v) is 6.36. The number of allylic oxidation sites excluding steroid dienone is 1. The zero-order valence-electron chi connectivity index (χ0n) is 27.4. The zero-order valence-corrected chi connectivity index (χ0v) is 29.0. The molecule has 0 aliphatic carbocycles. The summed E-state index contributed by atoms with van der Waals surface area (Å²) in [5.41, 5.74) is -0.570. The number of benzene rings is 1. The highest BCUT2D eigenvalue weighted by Gasteiger charge is 2.54. The molecule has 2 N–H and O–H groups in total. The average molecular weight is 700 g/mol. The van der Waals surface area contributed by atoms with Crippen molar-refractivity contribution < 1.29 is 43.0 Å². The van der Waals surface area contributed by atoms with Crippen LogP contribution in [0.4, 0.5) is 9.93 Å². The van der Waals surface area contributed by atoms with Gasteiger partial charge >= 0.3 is 18.0 Å². The number of nitrogens with one attached hydrogen (secondary N) is 2. The summed E-state index contributed by atoms with van der Waals surface area (Å²) in [4.78, 5) is 75.3. The lowest BCUT2D eigenvalue weighted by Gasteiger charge is -2.49. The van der Waals surface area contributed by atoms with Gasteiger partial charge < -0.3 is 24.4 Å². The van der Waals surface area contributed by atoms with E-state index in [9.17, 15) is 24.0 Å². The second kappa shape index (κ2) is 15.0. The van der Waals surface area contributed by atoms with Gasteiger partial charge in [0.1, 0.15) is 40.6 Å². The molecule has 1 aromatic carbocycles. The summed E-state index contributed by atoms with van der Waals surface area (Å²) < 4.78 is 16.0. The van der Waals surface area contributed by atoms with Crippen molar-refractivity contribution in [3.8, 4) is 0 Å². The maximum Gasteiger partial charge on any atom is 0.413 e. The third kappa shape index (κ3) is 9.44. The molecule has 2 aromatic rings. The van der Waals surface area contributed by atoms with Gasteiger partial charge in [-0.25, -0.2) is 19.4 Å². The number of aromatic nitrogens is 1. The van der Waals surface area contributed by atoms with E-state index in [4.69, 9.17) is 19.0 Å². The van der Waals surface area contributed by atoms with E-state index in [-0.39, 0.29) is 28.8 Å². The number of oxime groups is 1. The lowest BCUT2D eigenvalue weighted by Crippen LogP contribution is -2.71. The molecule has 1 aromatic heterocycles. The Hall–Kier alpha value is -4.70. The van der Waals surface area contributed by atoms with E-state index in [2.05, 4.69) is 27.4 Å². The largest absolute Gasteiger partial charge is 0.457 e. The monoisotopic (exact) mass is 699 g/mol. The number of hydrogen-bond acceptors (Lipinski definition) is 13. The van der Waals surface area contributed by atoms with E-state index in [0.29, 0.717) is 11.3 Å². The van der Waals surface area contributed by atoms with Gasteiger partial charge in [-0.15, -0.1) is 23.1 Å². The van der Waals surface area contributed by atoms with Crippen molar-refractivity contribution in [1.29, 1.82) is 0 Å². The number of thiazole rings is 1. The molecule has 2 aliphatic rings. The Morgan fingerprint density at radius 2 is 1.77 bits per heavy atom. The van der Waals surface area contributed by atoms with E-state index in [1.54, 1.807) is 53.7 Å². The zero-order chi connectivity index (χ0) is 35.2. The van der Waals surface area contributed by atoms with Gasteiger partial charge in [0.2, 0.25) is 6.61 Å². The Morgan fingerprint density at radius 1 is 1.08 bits per heavy atom. The third-order valence-electron chi connectivity index (χ3n) is 6.26. The predicted octanol–water partition coefficient (Wildman–Crippen LogP) is 4.14. The SMILES string of the molecule is C=CC1=C(C(=O)OC(C)(C)C)N2C(=O)[C@@H](NC(=O)/C(=N\OCC(=O)OC(C)(C)C)c3csc(NC(=O)OCc4ccccc4)n3)[C@H]2SC1.